The number of alkyl halides is 3. The Morgan fingerprint density at radius 2 is 1.55 bits per heavy atom. The summed E-state index contributed by atoms with van der Waals surface area (Å²) in [5.74, 6) is -0.439. The van der Waals surface area contributed by atoms with E-state index in [-0.39, 0.29) is 0 Å². The van der Waals surface area contributed by atoms with Crippen LogP contribution in [0.1, 0.15) is 10.4 Å². The van der Waals surface area contributed by atoms with Crippen molar-refractivity contribution in [2.75, 3.05) is 5.32 Å². The number of rotatable bonds is 4. The predicted octanol–water partition coefficient (Wildman–Crippen LogP) is 4.88. The molecule has 0 heterocycles. The predicted molar refractivity (Wildman–Crippen MR) is 93.1 cm³/mol. The van der Waals surface area contributed by atoms with Gasteiger partial charge in [0.15, 0.2) is 0 Å². The fourth-order valence-corrected chi connectivity index (χ4v) is 2.30. The highest BCUT2D eigenvalue weighted by Gasteiger charge is 2.34. The topological polar surface area (TPSA) is 41.1 Å². The summed E-state index contributed by atoms with van der Waals surface area (Å²) in [4.78, 5) is 12.3. The maximum atomic E-state index is 12.3. The first-order valence-electron chi connectivity index (χ1n) is 6.31. The van der Waals surface area contributed by atoms with Gasteiger partial charge in [0.05, 0.1) is 10.6 Å². The molecule has 0 spiro atoms. The van der Waals surface area contributed by atoms with Crippen LogP contribution in [0, 0.1) is 0 Å². The first kappa shape index (κ1) is 17.2. The Hall–Kier alpha value is -1.13. The van der Waals surface area contributed by atoms with Crippen molar-refractivity contribution < 1.29 is 4.79 Å². The van der Waals surface area contributed by atoms with Gasteiger partial charge >= 0.3 is 0 Å². The molecule has 0 aromatic heterocycles. The number of hydrogen-bond donors (Lipinski definition) is 2. The van der Waals surface area contributed by atoms with Crippen LogP contribution in [0.25, 0.3) is 0 Å². The molecule has 0 saturated carbocycles. The van der Waals surface area contributed by atoms with Crippen LogP contribution in [0.3, 0.4) is 0 Å². The zero-order chi connectivity index (χ0) is 16.2. The van der Waals surface area contributed by atoms with Crippen LogP contribution < -0.4 is 10.6 Å². The Morgan fingerprint density at radius 3 is 2.14 bits per heavy atom. The minimum Gasteiger partial charge on any atom is -0.362 e. The van der Waals surface area contributed by atoms with Crippen LogP contribution in [0.4, 0.5) is 5.69 Å². The molecule has 0 saturated heterocycles. The van der Waals surface area contributed by atoms with Gasteiger partial charge in [-0.25, -0.2) is 0 Å². The number of carbonyl (C=O) groups excluding carboxylic acids is 1. The molecule has 0 radical (unpaired) electrons. The van der Waals surface area contributed by atoms with Crippen molar-refractivity contribution in [1.29, 1.82) is 0 Å². The summed E-state index contributed by atoms with van der Waals surface area (Å²) in [6.45, 7) is 0. The van der Waals surface area contributed by atoms with Crippen LogP contribution in [0.15, 0.2) is 54.6 Å². The average molecular weight is 378 g/mol. The van der Waals surface area contributed by atoms with Gasteiger partial charge in [-0.15, -0.1) is 0 Å². The van der Waals surface area contributed by atoms with E-state index in [1.807, 2.05) is 18.2 Å². The fourth-order valence-electron chi connectivity index (χ4n) is 1.75. The second kappa shape index (κ2) is 7.42. The van der Waals surface area contributed by atoms with E-state index in [1.54, 1.807) is 36.4 Å². The molecule has 2 aromatic carbocycles. The van der Waals surface area contributed by atoms with Gasteiger partial charge < -0.3 is 10.6 Å². The highest BCUT2D eigenvalue weighted by atomic mass is 35.6. The summed E-state index contributed by atoms with van der Waals surface area (Å²) in [7, 11) is 0. The number of carbonyl (C=O) groups is 1. The van der Waals surface area contributed by atoms with E-state index in [0.29, 0.717) is 16.3 Å². The van der Waals surface area contributed by atoms with Gasteiger partial charge in [0.1, 0.15) is 6.17 Å². The molecule has 1 atom stereocenters. The maximum absolute atomic E-state index is 12.3. The van der Waals surface area contributed by atoms with Crippen molar-refractivity contribution in [3.63, 3.8) is 0 Å². The first-order valence-corrected chi connectivity index (χ1v) is 7.83. The Morgan fingerprint density at radius 1 is 0.955 bits per heavy atom. The number of anilines is 1. The smallest absolute Gasteiger partial charge is 0.254 e. The minimum absolute atomic E-state index is 0.304. The lowest BCUT2D eigenvalue weighted by Crippen LogP contribution is -2.49. The Labute approximate surface area is 148 Å². The van der Waals surface area contributed by atoms with E-state index in [9.17, 15) is 4.79 Å². The second-order valence-corrected chi connectivity index (χ2v) is 7.21. The number of benzene rings is 2. The normalized spacial score (nSPS) is 12.5. The fraction of sp³-hybridized carbons (Fsp3) is 0.133. The summed E-state index contributed by atoms with van der Waals surface area (Å²) in [5, 5.41) is 5.92. The lowest BCUT2D eigenvalue weighted by atomic mass is 10.2. The molecule has 2 N–H and O–H groups in total. The molecule has 0 unspecified atom stereocenters. The van der Waals surface area contributed by atoms with E-state index < -0.39 is 15.9 Å². The molecular weight excluding hydrogens is 366 g/mol. The minimum atomic E-state index is -1.74. The van der Waals surface area contributed by atoms with Gasteiger partial charge in [0, 0.05) is 5.69 Å². The standard InChI is InChI=1S/C15H12Cl4N2O/c16-12-9-5-4-8-11(12)13(22)21-14(15(17,18)19)20-10-6-2-1-3-7-10/h1-9,14,20H,(H,21,22)/t14-/m0/s1. The van der Waals surface area contributed by atoms with Crippen LogP contribution in [-0.4, -0.2) is 15.9 Å². The third-order valence-electron chi connectivity index (χ3n) is 2.81. The zero-order valence-corrected chi connectivity index (χ0v) is 14.2. The van der Waals surface area contributed by atoms with Gasteiger partial charge in [-0.05, 0) is 24.3 Å². The van der Waals surface area contributed by atoms with Crippen LogP contribution in [0.5, 0.6) is 0 Å². The highest BCUT2D eigenvalue weighted by molar-refractivity contribution is 6.68. The van der Waals surface area contributed by atoms with Gasteiger partial charge in [-0.3, -0.25) is 4.79 Å². The van der Waals surface area contributed by atoms with E-state index in [4.69, 9.17) is 46.4 Å². The van der Waals surface area contributed by atoms with Crippen molar-refractivity contribution in [2.24, 2.45) is 0 Å². The number of hydrogen-bond acceptors (Lipinski definition) is 2. The molecule has 116 valence electrons. The molecule has 0 aliphatic heterocycles. The lowest BCUT2D eigenvalue weighted by Gasteiger charge is -2.27. The summed E-state index contributed by atoms with van der Waals surface area (Å²) >= 11 is 23.8. The molecule has 22 heavy (non-hydrogen) atoms. The monoisotopic (exact) mass is 376 g/mol. The first-order chi connectivity index (χ1) is 10.4. The quantitative estimate of drug-likeness (QED) is 0.588. The van der Waals surface area contributed by atoms with Crippen LogP contribution in [0.2, 0.25) is 5.02 Å². The second-order valence-electron chi connectivity index (χ2n) is 4.44. The summed E-state index contributed by atoms with van der Waals surface area (Å²) in [6, 6.07) is 15.7. The number of para-hydroxylation sites is 1. The molecule has 0 aliphatic rings. The van der Waals surface area contributed by atoms with Crippen LogP contribution >= 0.6 is 46.4 Å². The Bertz CT molecular complexity index is 643. The molecule has 0 fully saturated rings. The van der Waals surface area contributed by atoms with Crippen molar-refractivity contribution in [3.05, 3.63) is 65.2 Å². The molecule has 1 amide bonds. The van der Waals surface area contributed by atoms with E-state index in [0.717, 1.165) is 0 Å². The number of halogens is 4. The van der Waals surface area contributed by atoms with Crippen molar-refractivity contribution in [3.8, 4) is 0 Å². The van der Waals surface area contributed by atoms with Gasteiger partial charge in [-0.2, -0.15) is 0 Å². The lowest BCUT2D eigenvalue weighted by molar-refractivity contribution is 0.0942. The molecule has 0 aliphatic carbocycles. The maximum Gasteiger partial charge on any atom is 0.254 e. The van der Waals surface area contributed by atoms with E-state index in [2.05, 4.69) is 10.6 Å². The van der Waals surface area contributed by atoms with Crippen molar-refractivity contribution >= 4 is 58.0 Å². The van der Waals surface area contributed by atoms with Gasteiger partial charge in [0.25, 0.3) is 5.91 Å². The molecule has 2 rings (SSSR count). The van der Waals surface area contributed by atoms with E-state index >= 15 is 0 Å². The van der Waals surface area contributed by atoms with E-state index in [1.165, 1.54) is 0 Å². The van der Waals surface area contributed by atoms with Crippen molar-refractivity contribution in [2.45, 2.75) is 9.96 Å². The Kier molecular flexibility index (Phi) is 5.81. The third kappa shape index (κ3) is 4.68. The molecule has 2 aromatic rings. The van der Waals surface area contributed by atoms with Gasteiger partial charge in [-0.1, -0.05) is 76.7 Å². The summed E-state index contributed by atoms with van der Waals surface area (Å²) < 4.78 is -1.74. The van der Waals surface area contributed by atoms with Crippen LogP contribution in [-0.2, 0) is 0 Å². The zero-order valence-electron chi connectivity index (χ0n) is 11.2. The molecule has 7 heteroatoms. The Balaban J connectivity index is 2.17. The third-order valence-corrected chi connectivity index (χ3v) is 3.79. The number of nitrogens with one attached hydrogen (secondary N) is 2. The summed E-state index contributed by atoms with van der Waals surface area (Å²) in [5.41, 5.74) is 1.01. The van der Waals surface area contributed by atoms with Gasteiger partial charge in [0.2, 0.25) is 3.79 Å². The SMILES string of the molecule is O=C(N[C@H](Nc1ccccc1)C(Cl)(Cl)Cl)c1ccccc1Cl. The average Bonchev–Trinajstić information content (AvgIpc) is 2.47. The molecular formula is C15H12Cl4N2O. The largest absolute Gasteiger partial charge is 0.362 e. The molecule has 0 bridgehead atoms. The molecule has 3 nitrogen and oxygen atoms in total. The van der Waals surface area contributed by atoms with Crippen molar-refractivity contribution in [1.82, 2.24) is 5.32 Å². The highest BCUT2D eigenvalue weighted by Crippen LogP contribution is 2.31. The number of amides is 1. The summed E-state index contributed by atoms with van der Waals surface area (Å²) in [6.07, 6.45) is -0.927.